The summed E-state index contributed by atoms with van der Waals surface area (Å²) in [5.74, 6) is -0.919. The van der Waals surface area contributed by atoms with Crippen LogP contribution in [0.5, 0.6) is 0 Å². The molecule has 1 aliphatic rings. The van der Waals surface area contributed by atoms with Crippen LogP contribution in [0.15, 0.2) is 18.2 Å². The molecule has 0 atom stereocenters. The summed E-state index contributed by atoms with van der Waals surface area (Å²) < 4.78 is 0. The number of rotatable bonds is 5. The Morgan fingerprint density at radius 1 is 1.30 bits per heavy atom. The van der Waals surface area contributed by atoms with Crippen molar-refractivity contribution in [3.05, 3.63) is 29.3 Å². The van der Waals surface area contributed by atoms with Crippen LogP contribution in [-0.4, -0.2) is 29.3 Å². The number of aliphatic hydroxyl groups is 1. The first-order chi connectivity index (χ1) is 9.56. The van der Waals surface area contributed by atoms with Gasteiger partial charge in [0.15, 0.2) is 0 Å². The van der Waals surface area contributed by atoms with Gasteiger partial charge in [0.05, 0.1) is 12.2 Å². The minimum atomic E-state index is -0.919. The van der Waals surface area contributed by atoms with Crippen LogP contribution in [0.25, 0.3) is 0 Å². The van der Waals surface area contributed by atoms with Crippen molar-refractivity contribution in [2.45, 2.75) is 39.0 Å². The maximum Gasteiger partial charge on any atom is 0.337 e. The fraction of sp³-hybridized carbons (Fsp3) is 0.562. The summed E-state index contributed by atoms with van der Waals surface area (Å²) in [6.07, 6.45) is 5.52. The van der Waals surface area contributed by atoms with E-state index in [0.717, 1.165) is 31.2 Å². The number of anilines is 1. The minimum Gasteiger partial charge on any atom is -0.478 e. The Labute approximate surface area is 119 Å². The number of aromatic carboxylic acids is 1. The van der Waals surface area contributed by atoms with Gasteiger partial charge < -0.3 is 15.5 Å². The Kier molecular flexibility index (Phi) is 4.65. The molecule has 4 nitrogen and oxygen atoms in total. The Hall–Kier alpha value is -1.55. The summed E-state index contributed by atoms with van der Waals surface area (Å²) in [6, 6.07) is 5.39. The van der Waals surface area contributed by atoms with Gasteiger partial charge in [0, 0.05) is 17.6 Å². The Balaban J connectivity index is 2.11. The van der Waals surface area contributed by atoms with Crippen LogP contribution in [0.2, 0.25) is 0 Å². The standard InChI is InChI=1S/C16H23NO3/c1-12-5-6-14(13(9-12)15(19)20)17-10-16(11-18)7-3-2-4-8-16/h5-6,9,17-18H,2-4,7-8,10-11H2,1H3,(H,19,20). The van der Waals surface area contributed by atoms with Gasteiger partial charge in [0.2, 0.25) is 0 Å². The van der Waals surface area contributed by atoms with E-state index in [1.165, 1.54) is 6.42 Å². The van der Waals surface area contributed by atoms with Crippen molar-refractivity contribution in [1.82, 2.24) is 0 Å². The molecule has 110 valence electrons. The number of hydrogen-bond donors (Lipinski definition) is 3. The first kappa shape index (κ1) is 14.9. The molecule has 1 fully saturated rings. The zero-order chi connectivity index (χ0) is 14.6. The fourth-order valence-corrected chi connectivity index (χ4v) is 2.96. The fourth-order valence-electron chi connectivity index (χ4n) is 2.96. The van der Waals surface area contributed by atoms with Gasteiger partial charge in [-0.25, -0.2) is 4.79 Å². The molecule has 0 bridgehead atoms. The highest BCUT2D eigenvalue weighted by atomic mass is 16.4. The van der Waals surface area contributed by atoms with E-state index in [1.807, 2.05) is 19.1 Å². The van der Waals surface area contributed by atoms with Crippen molar-refractivity contribution >= 4 is 11.7 Å². The predicted molar refractivity (Wildman–Crippen MR) is 79.2 cm³/mol. The van der Waals surface area contributed by atoms with E-state index in [1.54, 1.807) is 6.07 Å². The van der Waals surface area contributed by atoms with Crippen LogP contribution < -0.4 is 5.32 Å². The smallest absolute Gasteiger partial charge is 0.337 e. The summed E-state index contributed by atoms with van der Waals surface area (Å²) >= 11 is 0. The number of carbonyl (C=O) groups is 1. The SMILES string of the molecule is Cc1ccc(NCC2(CO)CCCCC2)c(C(=O)O)c1. The molecular weight excluding hydrogens is 254 g/mol. The van der Waals surface area contributed by atoms with E-state index in [9.17, 15) is 15.0 Å². The molecule has 1 aliphatic carbocycles. The molecule has 0 unspecified atom stereocenters. The lowest BCUT2D eigenvalue weighted by molar-refractivity contribution is 0.0697. The molecule has 0 amide bonds. The van der Waals surface area contributed by atoms with Crippen molar-refractivity contribution in [2.75, 3.05) is 18.5 Å². The van der Waals surface area contributed by atoms with E-state index in [0.29, 0.717) is 17.8 Å². The number of carboxylic acids is 1. The number of carboxylic acid groups (broad SMARTS) is 1. The molecular formula is C16H23NO3. The zero-order valence-electron chi connectivity index (χ0n) is 12.0. The van der Waals surface area contributed by atoms with E-state index < -0.39 is 5.97 Å². The van der Waals surface area contributed by atoms with Gasteiger partial charge in [-0.2, -0.15) is 0 Å². The molecule has 0 aliphatic heterocycles. The van der Waals surface area contributed by atoms with Crippen molar-refractivity contribution in [2.24, 2.45) is 5.41 Å². The second kappa shape index (κ2) is 6.27. The second-order valence-corrected chi connectivity index (χ2v) is 5.93. The highest BCUT2D eigenvalue weighted by molar-refractivity contribution is 5.94. The average Bonchev–Trinajstić information content (AvgIpc) is 2.47. The number of aryl methyl sites for hydroxylation is 1. The van der Waals surface area contributed by atoms with Crippen LogP contribution in [0.1, 0.15) is 48.0 Å². The molecule has 1 saturated carbocycles. The van der Waals surface area contributed by atoms with Gasteiger partial charge in [-0.05, 0) is 31.9 Å². The Morgan fingerprint density at radius 2 is 2.00 bits per heavy atom. The van der Waals surface area contributed by atoms with Crippen LogP contribution in [0.4, 0.5) is 5.69 Å². The van der Waals surface area contributed by atoms with Crippen LogP contribution in [0, 0.1) is 12.3 Å². The van der Waals surface area contributed by atoms with Gasteiger partial charge in [0.25, 0.3) is 0 Å². The summed E-state index contributed by atoms with van der Waals surface area (Å²) in [4.78, 5) is 11.3. The third-order valence-electron chi connectivity index (χ3n) is 4.31. The summed E-state index contributed by atoms with van der Waals surface area (Å²) in [5.41, 5.74) is 1.77. The highest BCUT2D eigenvalue weighted by Crippen LogP contribution is 2.36. The Bertz CT molecular complexity index is 479. The van der Waals surface area contributed by atoms with E-state index in [4.69, 9.17) is 0 Å². The van der Waals surface area contributed by atoms with Crippen molar-refractivity contribution in [1.29, 1.82) is 0 Å². The molecule has 1 aromatic carbocycles. The number of benzene rings is 1. The van der Waals surface area contributed by atoms with Gasteiger partial charge in [-0.1, -0.05) is 30.9 Å². The number of aliphatic hydroxyl groups excluding tert-OH is 1. The lowest BCUT2D eigenvalue weighted by Crippen LogP contribution is -2.35. The van der Waals surface area contributed by atoms with Crippen LogP contribution in [-0.2, 0) is 0 Å². The monoisotopic (exact) mass is 277 g/mol. The molecule has 20 heavy (non-hydrogen) atoms. The largest absolute Gasteiger partial charge is 0.478 e. The topological polar surface area (TPSA) is 69.6 Å². The highest BCUT2D eigenvalue weighted by Gasteiger charge is 2.31. The van der Waals surface area contributed by atoms with E-state index in [2.05, 4.69) is 5.32 Å². The van der Waals surface area contributed by atoms with Crippen molar-refractivity contribution in [3.8, 4) is 0 Å². The third-order valence-corrected chi connectivity index (χ3v) is 4.31. The van der Waals surface area contributed by atoms with Gasteiger partial charge in [-0.15, -0.1) is 0 Å². The number of nitrogens with one attached hydrogen (secondary N) is 1. The quantitative estimate of drug-likeness (QED) is 0.773. The summed E-state index contributed by atoms with van der Waals surface area (Å²) in [6.45, 7) is 2.67. The lowest BCUT2D eigenvalue weighted by Gasteiger charge is -2.36. The first-order valence-electron chi connectivity index (χ1n) is 7.25. The molecule has 2 rings (SSSR count). The molecule has 1 aromatic rings. The third kappa shape index (κ3) is 3.31. The lowest BCUT2D eigenvalue weighted by atomic mass is 9.74. The van der Waals surface area contributed by atoms with Gasteiger partial charge in [-0.3, -0.25) is 0 Å². The van der Waals surface area contributed by atoms with E-state index in [-0.39, 0.29) is 12.0 Å². The summed E-state index contributed by atoms with van der Waals surface area (Å²) in [7, 11) is 0. The Morgan fingerprint density at radius 3 is 2.60 bits per heavy atom. The molecule has 3 N–H and O–H groups in total. The molecule has 0 radical (unpaired) electrons. The maximum atomic E-state index is 11.3. The van der Waals surface area contributed by atoms with Gasteiger partial charge >= 0.3 is 5.97 Å². The zero-order valence-corrected chi connectivity index (χ0v) is 12.0. The number of hydrogen-bond acceptors (Lipinski definition) is 3. The normalized spacial score (nSPS) is 17.7. The molecule has 0 saturated heterocycles. The molecule has 0 heterocycles. The van der Waals surface area contributed by atoms with Crippen LogP contribution in [0.3, 0.4) is 0 Å². The summed E-state index contributed by atoms with van der Waals surface area (Å²) in [5, 5.41) is 22.2. The van der Waals surface area contributed by atoms with Crippen LogP contribution >= 0.6 is 0 Å². The minimum absolute atomic E-state index is 0.0983. The van der Waals surface area contributed by atoms with Gasteiger partial charge in [0.1, 0.15) is 0 Å². The molecule has 0 spiro atoms. The average molecular weight is 277 g/mol. The molecule has 0 aromatic heterocycles. The second-order valence-electron chi connectivity index (χ2n) is 5.93. The predicted octanol–water partition coefficient (Wildman–Crippen LogP) is 3.05. The maximum absolute atomic E-state index is 11.3. The van der Waals surface area contributed by atoms with Crippen molar-refractivity contribution in [3.63, 3.8) is 0 Å². The van der Waals surface area contributed by atoms with Crippen molar-refractivity contribution < 1.29 is 15.0 Å². The van der Waals surface area contributed by atoms with E-state index >= 15 is 0 Å². The molecule has 4 heteroatoms. The first-order valence-corrected chi connectivity index (χ1v) is 7.25.